The third-order valence-corrected chi connectivity index (χ3v) is 4.00. The van der Waals surface area contributed by atoms with Crippen molar-refractivity contribution in [2.45, 2.75) is 31.5 Å². The van der Waals surface area contributed by atoms with Crippen molar-refractivity contribution in [3.05, 3.63) is 71.8 Å². The van der Waals surface area contributed by atoms with E-state index in [1.807, 2.05) is 67.6 Å². The van der Waals surface area contributed by atoms with E-state index in [-0.39, 0.29) is 6.04 Å². The number of nitrogens with one attached hydrogen (secondary N) is 2. The number of hydrogen-bond donors (Lipinski definition) is 4. The van der Waals surface area contributed by atoms with E-state index in [1.165, 1.54) is 0 Å². The van der Waals surface area contributed by atoms with Crippen LogP contribution in [0.4, 0.5) is 4.79 Å². The van der Waals surface area contributed by atoms with Crippen molar-refractivity contribution in [2.75, 3.05) is 6.54 Å². The Morgan fingerprint density at radius 3 is 2.21 bits per heavy atom. The van der Waals surface area contributed by atoms with Gasteiger partial charge in [-0.1, -0.05) is 60.7 Å². The van der Waals surface area contributed by atoms with Crippen LogP contribution >= 0.6 is 0 Å². The van der Waals surface area contributed by atoms with Gasteiger partial charge in [-0.2, -0.15) is 0 Å². The lowest BCUT2D eigenvalue weighted by Gasteiger charge is -2.25. The summed E-state index contributed by atoms with van der Waals surface area (Å²) in [6, 6.07) is 19.0. The summed E-state index contributed by atoms with van der Waals surface area (Å²) in [5, 5.41) is 25.1. The third kappa shape index (κ3) is 5.68. The smallest absolute Gasteiger partial charge is 0.404 e. The largest absolute Gasteiger partial charge is 0.465 e. The van der Waals surface area contributed by atoms with Crippen LogP contribution in [0.2, 0.25) is 0 Å². The summed E-state index contributed by atoms with van der Waals surface area (Å²) in [5.74, 6) is 0. The molecule has 0 saturated carbocycles. The van der Waals surface area contributed by atoms with Crippen LogP contribution in [0.25, 0.3) is 0 Å². The number of aliphatic hydroxyl groups is 1. The van der Waals surface area contributed by atoms with Crippen molar-refractivity contribution >= 4 is 6.09 Å². The van der Waals surface area contributed by atoms with E-state index in [9.17, 15) is 9.90 Å². The van der Waals surface area contributed by atoms with E-state index in [0.717, 1.165) is 11.1 Å². The molecule has 0 radical (unpaired) electrons. The Hall–Kier alpha value is -2.37. The molecule has 3 atom stereocenters. The molecule has 2 aromatic rings. The van der Waals surface area contributed by atoms with E-state index in [1.54, 1.807) is 0 Å². The fraction of sp³-hybridized carbons (Fsp3) is 0.316. The van der Waals surface area contributed by atoms with E-state index in [0.29, 0.717) is 13.0 Å². The molecular weight excluding hydrogens is 304 g/mol. The zero-order chi connectivity index (χ0) is 17.4. The number of amides is 1. The van der Waals surface area contributed by atoms with Gasteiger partial charge in [0, 0.05) is 12.6 Å². The van der Waals surface area contributed by atoms with Crippen LogP contribution in [0.1, 0.15) is 24.1 Å². The molecule has 2 rings (SSSR count). The van der Waals surface area contributed by atoms with Gasteiger partial charge >= 0.3 is 6.09 Å². The van der Waals surface area contributed by atoms with Crippen LogP contribution in [-0.2, 0) is 6.42 Å². The number of benzene rings is 2. The predicted octanol–water partition coefficient (Wildman–Crippen LogP) is 2.58. The standard InChI is InChI=1S/C19H24N2O3/c1-14(16-10-6-3-7-11-16)20-13-18(22)17(21-19(23)24)12-15-8-4-2-5-9-15/h2-11,14,17-18,20-22H,12-13H2,1H3,(H,23,24)/t14?,17-,18-/m0/s1. The van der Waals surface area contributed by atoms with Gasteiger partial charge in [0.1, 0.15) is 0 Å². The Balaban J connectivity index is 1.94. The second-order valence-electron chi connectivity index (χ2n) is 5.85. The number of carboxylic acid groups (broad SMARTS) is 1. The molecule has 1 amide bonds. The highest BCUT2D eigenvalue weighted by Gasteiger charge is 2.22. The Morgan fingerprint density at radius 1 is 1.04 bits per heavy atom. The zero-order valence-electron chi connectivity index (χ0n) is 13.7. The second kappa shape index (κ2) is 9.05. The maximum absolute atomic E-state index is 11.0. The van der Waals surface area contributed by atoms with Gasteiger partial charge in [-0.3, -0.25) is 0 Å². The van der Waals surface area contributed by atoms with E-state index < -0.39 is 18.2 Å². The fourth-order valence-corrected chi connectivity index (χ4v) is 2.61. The molecule has 0 aliphatic heterocycles. The van der Waals surface area contributed by atoms with Crippen LogP contribution < -0.4 is 10.6 Å². The summed E-state index contributed by atoms with van der Waals surface area (Å²) < 4.78 is 0. The molecule has 0 saturated heterocycles. The first-order chi connectivity index (χ1) is 11.6. The van der Waals surface area contributed by atoms with Gasteiger partial charge < -0.3 is 20.8 Å². The highest BCUT2D eigenvalue weighted by atomic mass is 16.4. The Kier molecular flexibility index (Phi) is 6.78. The third-order valence-electron chi connectivity index (χ3n) is 4.00. The fourth-order valence-electron chi connectivity index (χ4n) is 2.61. The number of hydrogen-bond acceptors (Lipinski definition) is 3. The van der Waals surface area contributed by atoms with Crippen molar-refractivity contribution in [3.63, 3.8) is 0 Å². The molecule has 4 N–H and O–H groups in total. The topological polar surface area (TPSA) is 81.6 Å². The second-order valence-corrected chi connectivity index (χ2v) is 5.85. The van der Waals surface area contributed by atoms with Crippen LogP contribution in [-0.4, -0.2) is 35.0 Å². The van der Waals surface area contributed by atoms with Gasteiger partial charge in [-0.25, -0.2) is 4.79 Å². The first-order valence-corrected chi connectivity index (χ1v) is 8.06. The lowest BCUT2D eigenvalue weighted by atomic mass is 10.0. The minimum atomic E-state index is -1.13. The molecule has 0 spiro atoms. The molecule has 0 aliphatic carbocycles. The average molecular weight is 328 g/mol. The van der Waals surface area contributed by atoms with Gasteiger partial charge in [0.15, 0.2) is 0 Å². The van der Waals surface area contributed by atoms with E-state index in [4.69, 9.17) is 5.11 Å². The Bertz CT molecular complexity index is 619. The normalized spacial score (nSPS) is 14.6. The molecule has 0 heterocycles. The molecule has 5 nitrogen and oxygen atoms in total. The van der Waals surface area contributed by atoms with Crippen molar-refractivity contribution in [1.82, 2.24) is 10.6 Å². The maximum atomic E-state index is 11.0. The minimum absolute atomic E-state index is 0.0723. The van der Waals surface area contributed by atoms with Gasteiger partial charge in [-0.15, -0.1) is 0 Å². The van der Waals surface area contributed by atoms with Gasteiger partial charge in [0.2, 0.25) is 0 Å². The lowest BCUT2D eigenvalue weighted by molar-refractivity contribution is 0.115. The molecular formula is C19H24N2O3. The molecule has 5 heteroatoms. The summed E-state index contributed by atoms with van der Waals surface area (Å²) in [5.41, 5.74) is 2.10. The van der Waals surface area contributed by atoms with Crippen molar-refractivity contribution in [3.8, 4) is 0 Å². The Morgan fingerprint density at radius 2 is 1.62 bits per heavy atom. The predicted molar refractivity (Wildman–Crippen MR) is 94.0 cm³/mol. The highest BCUT2D eigenvalue weighted by molar-refractivity contribution is 5.65. The molecule has 0 aromatic heterocycles. The molecule has 1 unspecified atom stereocenters. The maximum Gasteiger partial charge on any atom is 0.404 e. The van der Waals surface area contributed by atoms with Gasteiger partial charge in [-0.05, 0) is 24.5 Å². The molecule has 24 heavy (non-hydrogen) atoms. The zero-order valence-corrected chi connectivity index (χ0v) is 13.7. The molecule has 0 bridgehead atoms. The monoisotopic (exact) mass is 328 g/mol. The average Bonchev–Trinajstić information content (AvgIpc) is 2.60. The van der Waals surface area contributed by atoms with Crippen LogP contribution in [0.3, 0.4) is 0 Å². The molecule has 0 fully saturated rings. The van der Waals surface area contributed by atoms with E-state index >= 15 is 0 Å². The number of carbonyl (C=O) groups is 1. The van der Waals surface area contributed by atoms with Gasteiger partial charge in [0.05, 0.1) is 12.1 Å². The SMILES string of the molecule is CC(NC[C@H](O)[C@H](Cc1ccccc1)NC(=O)O)c1ccccc1. The quantitative estimate of drug-likeness (QED) is 0.600. The first kappa shape index (κ1) is 18.0. The minimum Gasteiger partial charge on any atom is -0.465 e. The number of rotatable bonds is 8. The summed E-state index contributed by atoms with van der Waals surface area (Å²) in [7, 11) is 0. The molecule has 128 valence electrons. The summed E-state index contributed by atoms with van der Waals surface area (Å²) in [4.78, 5) is 11.0. The lowest BCUT2D eigenvalue weighted by Crippen LogP contribution is -2.48. The van der Waals surface area contributed by atoms with Gasteiger partial charge in [0.25, 0.3) is 0 Å². The van der Waals surface area contributed by atoms with Crippen molar-refractivity contribution in [1.29, 1.82) is 0 Å². The summed E-state index contributed by atoms with van der Waals surface area (Å²) in [6.07, 6.45) is -1.52. The van der Waals surface area contributed by atoms with Crippen LogP contribution in [0, 0.1) is 0 Å². The highest BCUT2D eigenvalue weighted by Crippen LogP contribution is 2.12. The van der Waals surface area contributed by atoms with E-state index in [2.05, 4.69) is 10.6 Å². The van der Waals surface area contributed by atoms with Crippen molar-refractivity contribution < 1.29 is 15.0 Å². The summed E-state index contributed by atoms with van der Waals surface area (Å²) in [6.45, 7) is 2.31. The Labute approximate surface area is 142 Å². The summed E-state index contributed by atoms with van der Waals surface area (Å²) >= 11 is 0. The van der Waals surface area contributed by atoms with Crippen LogP contribution in [0.5, 0.6) is 0 Å². The van der Waals surface area contributed by atoms with Crippen molar-refractivity contribution in [2.24, 2.45) is 0 Å². The number of aliphatic hydroxyl groups excluding tert-OH is 1. The first-order valence-electron chi connectivity index (χ1n) is 8.06. The van der Waals surface area contributed by atoms with Crippen LogP contribution in [0.15, 0.2) is 60.7 Å². The molecule has 0 aliphatic rings. The molecule has 2 aromatic carbocycles.